The molecule has 10 heteroatoms. The van der Waals surface area contributed by atoms with E-state index in [-0.39, 0.29) is 17.5 Å². The summed E-state index contributed by atoms with van der Waals surface area (Å²) in [5.41, 5.74) is -0.523. The lowest BCUT2D eigenvalue weighted by atomic mass is 9.48. The number of likely N-dealkylation sites (N-methyl/N-ethyl adjacent to an activating group) is 2. The summed E-state index contributed by atoms with van der Waals surface area (Å²) in [5.74, 6) is -0.120. The Kier molecular flexibility index (Phi) is 6.09. The number of carbonyl (C=O) groups excluding carboxylic acids is 2. The minimum absolute atomic E-state index is 0.131. The Morgan fingerprint density at radius 2 is 2.00 bits per heavy atom. The number of rotatable bonds is 4. The summed E-state index contributed by atoms with van der Waals surface area (Å²) >= 11 is 0. The Bertz CT molecular complexity index is 1420. The van der Waals surface area contributed by atoms with Gasteiger partial charge in [0.15, 0.2) is 11.5 Å². The molecule has 6 rings (SSSR count). The molecule has 2 fully saturated rings. The van der Waals surface area contributed by atoms with Crippen LogP contribution in [0.3, 0.4) is 0 Å². The maximum Gasteiger partial charge on any atom is 0.416 e. The van der Waals surface area contributed by atoms with Crippen molar-refractivity contribution < 1.29 is 37.3 Å². The normalized spacial score (nSPS) is 30.5. The Labute approximate surface area is 230 Å². The van der Waals surface area contributed by atoms with Crippen molar-refractivity contribution >= 4 is 18.0 Å². The molecule has 1 N–H and O–H groups in total. The number of carbonyl (C=O) groups is 2. The molecule has 0 radical (unpaired) electrons. The topological polar surface area (TPSA) is 79.3 Å². The van der Waals surface area contributed by atoms with Crippen LogP contribution in [0.4, 0.5) is 13.2 Å². The minimum atomic E-state index is -4.48. The van der Waals surface area contributed by atoms with Crippen molar-refractivity contribution in [3.05, 3.63) is 64.7 Å². The molecule has 1 spiro atoms. The first-order valence-electron chi connectivity index (χ1n) is 13.4. The molecule has 1 saturated carbocycles. The van der Waals surface area contributed by atoms with Crippen LogP contribution < -0.4 is 9.47 Å². The van der Waals surface area contributed by atoms with Crippen LogP contribution in [0.15, 0.2) is 42.5 Å². The van der Waals surface area contributed by atoms with Gasteiger partial charge in [-0.25, -0.2) is 0 Å². The van der Waals surface area contributed by atoms with Crippen molar-refractivity contribution in [3.63, 3.8) is 0 Å². The summed E-state index contributed by atoms with van der Waals surface area (Å²) in [7, 11) is 3.67. The molecule has 1 amide bonds. The van der Waals surface area contributed by atoms with Crippen LogP contribution in [0.1, 0.15) is 48.4 Å². The fraction of sp³-hybridized carbons (Fsp3) is 0.467. The van der Waals surface area contributed by atoms with E-state index >= 15 is 0 Å². The zero-order valence-electron chi connectivity index (χ0n) is 22.5. The molecule has 212 valence electrons. The predicted molar refractivity (Wildman–Crippen MR) is 140 cm³/mol. The van der Waals surface area contributed by atoms with Gasteiger partial charge in [-0.05, 0) is 74.7 Å². The summed E-state index contributed by atoms with van der Waals surface area (Å²) in [6, 6.07) is 7.91. The highest BCUT2D eigenvalue weighted by molar-refractivity contribution is 5.92. The molecule has 2 aromatic carbocycles. The Morgan fingerprint density at radius 1 is 1.23 bits per heavy atom. The van der Waals surface area contributed by atoms with E-state index in [9.17, 15) is 27.9 Å². The van der Waals surface area contributed by atoms with Crippen molar-refractivity contribution in [2.75, 3.05) is 20.6 Å². The van der Waals surface area contributed by atoms with Crippen molar-refractivity contribution in [2.24, 2.45) is 0 Å². The van der Waals surface area contributed by atoms with E-state index in [4.69, 9.17) is 9.47 Å². The van der Waals surface area contributed by atoms with Crippen LogP contribution in [0.25, 0.3) is 6.08 Å². The molecular formula is C30H31F3N2O5. The lowest BCUT2D eigenvalue weighted by Gasteiger charge is -2.64. The molecule has 0 aromatic heterocycles. The van der Waals surface area contributed by atoms with Gasteiger partial charge in [0.05, 0.1) is 22.6 Å². The second-order valence-electron chi connectivity index (χ2n) is 11.4. The highest BCUT2D eigenvalue weighted by atomic mass is 19.4. The molecule has 40 heavy (non-hydrogen) atoms. The third-order valence-corrected chi connectivity index (χ3v) is 9.41. The number of aliphatic hydroxyl groups is 1. The average molecular weight is 557 g/mol. The molecule has 2 heterocycles. The maximum atomic E-state index is 13.4. The highest BCUT2D eigenvalue weighted by Crippen LogP contribution is 2.65. The fourth-order valence-corrected chi connectivity index (χ4v) is 7.62. The average Bonchev–Trinajstić information content (AvgIpc) is 3.25. The molecule has 2 bridgehead atoms. The standard InChI is InChI=1S/C30H31F3N2O5/c1-17(36)39-22-9-8-19-16-23-29(38)12-11-21(27-28(29,13-14-34(23)2)25(19)26(22)40-27)35(3)24(37)10-7-18-5-4-6-20(15-18)30(31,32)33/h4-10,15,21,23,27,38H,11-14,16H2,1-3H3/t21-,23-,27+,28+,29-/m1/s1. The van der Waals surface area contributed by atoms with Crippen LogP contribution >= 0.6 is 0 Å². The van der Waals surface area contributed by atoms with Crippen LogP contribution in [-0.4, -0.2) is 71.2 Å². The van der Waals surface area contributed by atoms with E-state index < -0.39 is 40.9 Å². The summed E-state index contributed by atoms with van der Waals surface area (Å²) in [6.07, 6.45) is -0.284. The van der Waals surface area contributed by atoms with Crippen molar-refractivity contribution in [3.8, 4) is 11.5 Å². The summed E-state index contributed by atoms with van der Waals surface area (Å²) in [4.78, 5) is 29.0. The third kappa shape index (κ3) is 3.79. The monoisotopic (exact) mass is 556 g/mol. The van der Waals surface area contributed by atoms with Gasteiger partial charge in [0.2, 0.25) is 5.91 Å². The highest BCUT2D eigenvalue weighted by Gasteiger charge is 2.73. The Morgan fingerprint density at radius 3 is 2.73 bits per heavy atom. The predicted octanol–water partition coefficient (Wildman–Crippen LogP) is 3.96. The maximum absolute atomic E-state index is 13.4. The quantitative estimate of drug-likeness (QED) is 0.349. The van der Waals surface area contributed by atoms with Gasteiger partial charge in [-0.2, -0.15) is 13.2 Å². The SMILES string of the molecule is CC(=O)Oc1ccc2c3c1O[C@H]1[C@H](N(C)C(=O)C=Cc4cccc(C(F)(F)F)c4)CC[C@@]4(O)[C@@H](C2)N(C)CC[C@]314. The molecule has 2 aliphatic carbocycles. The molecule has 5 atom stereocenters. The summed E-state index contributed by atoms with van der Waals surface area (Å²) in [5, 5.41) is 12.4. The fourth-order valence-electron chi connectivity index (χ4n) is 7.62. The zero-order valence-corrected chi connectivity index (χ0v) is 22.5. The first-order chi connectivity index (χ1) is 18.9. The Balaban J connectivity index is 1.36. The second kappa shape index (κ2) is 9.07. The number of amides is 1. The number of esters is 1. The molecule has 2 aromatic rings. The third-order valence-electron chi connectivity index (χ3n) is 9.41. The lowest BCUT2D eigenvalue weighted by Crippen LogP contribution is -2.77. The van der Waals surface area contributed by atoms with Crippen LogP contribution in [-0.2, 0) is 27.6 Å². The lowest BCUT2D eigenvalue weighted by molar-refractivity contribution is -0.195. The zero-order chi connectivity index (χ0) is 28.6. The van der Waals surface area contributed by atoms with Gasteiger partial charge in [-0.3, -0.25) is 9.59 Å². The van der Waals surface area contributed by atoms with E-state index in [1.54, 1.807) is 18.0 Å². The van der Waals surface area contributed by atoms with E-state index in [0.29, 0.717) is 37.2 Å². The van der Waals surface area contributed by atoms with E-state index in [1.807, 2.05) is 13.1 Å². The number of benzene rings is 2. The van der Waals surface area contributed by atoms with Gasteiger partial charge in [0.25, 0.3) is 0 Å². The smallest absolute Gasteiger partial charge is 0.416 e. The molecule has 0 unspecified atom stereocenters. The van der Waals surface area contributed by atoms with E-state index in [2.05, 4.69) is 4.90 Å². The van der Waals surface area contributed by atoms with Crippen molar-refractivity contribution in [1.29, 1.82) is 0 Å². The van der Waals surface area contributed by atoms with Crippen LogP contribution in [0, 0.1) is 0 Å². The number of nitrogens with zero attached hydrogens (tertiary/aromatic N) is 2. The molecule has 2 aliphatic heterocycles. The van der Waals surface area contributed by atoms with E-state index in [0.717, 1.165) is 29.8 Å². The van der Waals surface area contributed by atoms with Gasteiger partial charge in [0, 0.05) is 31.7 Å². The van der Waals surface area contributed by atoms with Gasteiger partial charge < -0.3 is 24.4 Å². The van der Waals surface area contributed by atoms with Crippen molar-refractivity contribution in [2.45, 2.75) is 68.0 Å². The number of hydrogen-bond acceptors (Lipinski definition) is 6. The van der Waals surface area contributed by atoms with E-state index in [1.165, 1.54) is 31.2 Å². The molecule has 1 saturated heterocycles. The number of likely N-dealkylation sites (tertiary alicyclic amines) is 1. The first kappa shape index (κ1) is 26.8. The van der Waals surface area contributed by atoms with Gasteiger partial charge >= 0.3 is 12.1 Å². The number of ether oxygens (including phenoxy) is 2. The largest absolute Gasteiger partial charge is 0.483 e. The van der Waals surface area contributed by atoms with Gasteiger partial charge in [-0.15, -0.1) is 0 Å². The molecule has 4 aliphatic rings. The van der Waals surface area contributed by atoms with Crippen molar-refractivity contribution in [1.82, 2.24) is 9.80 Å². The minimum Gasteiger partial charge on any atom is -0.483 e. The first-order valence-corrected chi connectivity index (χ1v) is 13.4. The van der Waals surface area contributed by atoms with Gasteiger partial charge in [-0.1, -0.05) is 18.2 Å². The Hall–Kier alpha value is -3.37. The number of piperidine rings is 1. The van der Waals surface area contributed by atoms with Crippen LogP contribution in [0.2, 0.25) is 0 Å². The number of alkyl halides is 3. The number of halogens is 3. The van der Waals surface area contributed by atoms with Crippen LogP contribution in [0.5, 0.6) is 11.5 Å². The molecule has 7 nitrogen and oxygen atoms in total. The molecular weight excluding hydrogens is 525 g/mol. The second-order valence-corrected chi connectivity index (χ2v) is 11.4. The summed E-state index contributed by atoms with van der Waals surface area (Å²) < 4.78 is 51.5. The number of hydrogen-bond donors (Lipinski definition) is 1. The summed E-state index contributed by atoms with van der Waals surface area (Å²) in [6.45, 7) is 2.05. The van der Waals surface area contributed by atoms with Gasteiger partial charge in [0.1, 0.15) is 6.10 Å².